The molecule has 1 fully saturated rings. The summed E-state index contributed by atoms with van der Waals surface area (Å²) in [6, 6.07) is 12.9. The van der Waals surface area contributed by atoms with E-state index in [4.69, 9.17) is 0 Å². The van der Waals surface area contributed by atoms with E-state index in [1.165, 1.54) is 5.56 Å². The fourth-order valence-electron chi connectivity index (χ4n) is 3.34. The van der Waals surface area contributed by atoms with Crippen LogP contribution < -0.4 is 5.32 Å². The minimum atomic E-state index is -0.471. The molecule has 1 N–H and O–H groups in total. The van der Waals surface area contributed by atoms with Crippen molar-refractivity contribution in [3.05, 3.63) is 64.7 Å². The van der Waals surface area contributed by atoms with Gasteiger partial charge in [0.05, 0.1) is 0 Å². The van der Waals surface area contributed by atoms with E-state index in [0.717, 1.165) is 16.8 Å². The second-order valence-electron chi connectivity index (χ2n) is 7.77. The first-order chi connectivity index (χ1) is 13.8. The van der Waals surface area contributed by atoms with Crippen LogP contribution in [0.4, 0.5) is 5.69 Å². The van der Waals surface area contributed by atoms with Crippen LogP contribution in [0.3, 0.4) is 0 Å². The molecule has 1 aliphatic rings. The molecule has 0 unspecified atom stereocenters. The lowest BCUT2D eigenvalue weighted by Crippen LogP contribution is -2.55. The predicted octanol–water partition coefficient (Wildman–Crippen LogP) is 3.13. The van der Waals surface area contributed by atoms with Crippen LogP contribution in [0.5, 0.6) is 0 Å². The Morgan fingerprint density at radius 3 is 2.28 bits per heavy atom. The Morgan fingerprint density at radius 2 is 1.66 bits per heavy atom. The van der Waals surface area contributed by atoms with Gasteiger partial charge in [-0.2, -0.15) is 0 Å². The molecular weight excluding hydrogens is 366 g/mol. The van der Waals surface area contributed by atoms with E-state index in [2.05, 4.69) is 5.32 Å². The van der Waals surface area contributed by atoms with E-state index in [-0.39, 0.29) is 11.9 Å². The van der Waals surface area contributed by atoms with Gasteiger partial charge in [-0.25, -0.2) is 0 Å². The van der Waals surface area contributed by atoms with Crippen molar-refractivity contribution in [2.75, 3.05) is 18.4 Å². The minimum Gasteiger partial charge on any atom is -0.330 e. The van der Waals surface area contributed by atoms with E-state index in [9.17, 15) is 14.4 Å². The molecule has 0 saturated carbocycles. The first-order valence-electron chi connectivity index (χ1n) is 9.83. The molecule has 0 radical (unpaired) electrons. The largest absolute Gasteiger partial charge is 0.330 e. The van der Waals surface area contributed by atoms with Gasteiger partial charge in [-0.15, -0.1) is 0 Å². The Labute approximate surface area is 171 Å². The molecular formula is C23H27N3O3. The molecule has 2 aromatic rings. The Morgan fingerprint density at radius 1 is 0.966 bits per heavy atom. The van der Waals surface area contributed by atoms with Crippen LogP contribution in [0, 0.1) is 13.8 Å². The van der Waals surface area contributed by atoms with Gasteiger partial charge in [-0.05, 0) is 68.7 Å². The van der Waals surface area contributed by atoms with E-state index >= 15 is 0 Å². The van der Waals surface area contributed by atoms with Crippen molar-refractivity contribution in [3.8, 4) is 0 Å². The number of amides is 3. The molecule has 1 saturated heterocycles. The fourth-order valence-corrected chi connectivity index (χ4v) is 3.34. The van der Waals surface area contributed by atoms with Crippen molar-refractivity contribution in [3.63, 3.8) is 0 Å². The predicted molar refractivity (Wildman–Crippen MR) is 113 cm³/mol. The molecule has 3 rings (SSSR count). The maximum absolute atomic E-state index is 12.5. The molecule has 6 heteroatoms. The average molecular weight is 393 g/mol. The van der Waals surface area contributed by atoms with Crippen LogP contribution in [-0.2, 0) is 16.1 Å². The van der Waals surface area contributed by atoms with Crippen LogP contribution in [0.25, 0.3) is 0 Å². The van der Waals surface area contributed by atoms with Gasteiger partial charge in [0, 0.05) is 36.9 Å². The second-order valence-corrected chi connectivity index (χ2v) is 7.77. The summed E-state index contributed by atoms with van der Waals surface area (Å²) in [6.07, 6.45) is 0. The number of carbonyl (C=O) groups is 3. The zero-order valence-corrected chi connectivity index (χ0v) is 17.4. The Kier molecular flexibility index (Phi) is 6.01. The maximum Gasteiger partial charge on any atom is 0.312 e. The quantitative estimate of drug-likeness (QED) is 0.794. The van der Waals surface area contributed by atoms with Gasteiger partial charge < -0.3 is 15.1 Å². The number of anilines is 1. The first kappa shape index (κ1) is 20.6. The highest BCUT2D eigenvalue weighted by molar-refractivity contribution is 6.35. The number of nitrogens with zero attached hydrogens (tertiary/aromatic N) is 2. The first-order valence-corrected chi connectivity index (χ1v) is 9.83. The van der Waals surface area contributed by atoms with E-state index in [0.29, 0.717) is 25.2 Å². The highest BCUT2D eigenvalue weighted by atomic mass is 16.2. The number of piperazine rings is 1. The summed E-state index contributed by atoms with van der Waals surface area (Å²) in [5.74, 6) is -1.10. The molecule has 0 spiro atoms. The molecule has 0 atom stereocenters. The topological polar surface area (TPSA) is 69.7 Å². The zero-order chi connectivity index (χ0) is 21.1. The number of aryl methyl sites for hydroxylation is 2. The van der Waals surface area contributed by atoms with Crippen molar-refractivity contribution in [1.82, 2.24) is 9.80 Å². The summed E-state index contributed by atoms with van der Waals surface area (Å²) >= 11 is 0. The zero-order valence-electron chi connectivity index (χ0n) is 17.4. The second kappa shape index (κ2) is 8.47. The van der Waals surface area contributed by atoms with Gasteiger partial charge in [0.1, 0.15) is 0 Å². The van der Waals surface area contributed by atoms with Gasteiger partial charge in [0.15, 0.2) is 0 Å². The van der Waals surface area contributed by atoms with Crippen LogP contribution in [0.15, 0.2) is 42.5 Å². The maximum atomic E-state index is 12.5. The average Bonchev–Trinajstić information content (AvgIpc) is 2.68. The molecule has 0 aromatic heterocycles. The highest BCUT2D eigenvalue weighted by Crippen LogP contribution is 2.17. The van der Waals surface area contributed by atoms with Gasteiger partial charge in [-0.3, -0.25) is 14.4 Å². The Balaban J connectivity index is 1.63. The third-order valence-electron chi connectivity index (χ3n) is 5.32. The number of nitrogens with one attached hydrogen (secondary N) is 1. The van der Waals surface area contributed by atoms with E-state index < -0.39 is 11.8 Å². The minimum absolute atomic E-state index is 0.0173. The lowest BCUT2D eigenvalue weighted by Gasteiger charge is -2.36. The van der Waals surface area contributed by atoms with Crippen LogP contribution in [-0.4, -0.2) is 46.7 Å². The van der Waals surface area contributed by atoms with Gasteiger partial charge in [-0.1, -0.05) is 18.2 Å². The summed E-state index contributed by atoms with van der Waals surface area (Å²) in [7, 11) is 0. The van der Waals surface area contributed by atoms with E-state index in [1.54, 1.807) is 21.9 Å². The number of benzene rings is 2. The molecule has 3 amide bonds. The monoisotopic (exact) mass is 393 g/mol. The third kappa shape index (κ3) is 4.65. The summed E-state index contributed by atoms with van der Waals surface area (Å²) in [5.41, 5.74) is 4.48. The lowest BCUT2D eigenvalue weighted by molar-refractivity contribution is -0.157. The van der Waals surface area contributed by atoms with Gasteiger partial charge in [0.2, 0.25) is 0 Å². The molecule has 6 nitrogen and oxygen atoms in total. The molecule has 0 bridgehead atoms. The van der Waals surface area contributed by atoms with Crippen molar-refractivity contribution in [2.24, 2.45) is 0 Å². The smallest absolute Gasteiger partial charge is 0.312 e. The normalized spacial score (nSPS) is 14.5. The number of carbonyl (C=O) groups excluding carboxylic acids is 3. The molecule has 1 heterocycles. The molecule has 152 valence electrons. The molecule has 0 aliphatic carbocycles. The summed E-state index contributed by atoms with van der Waals surface area (Å²) < 4.78 is 0. The van der Waals surface area contributed by atoms with Gasteiger partial charge >= 0.3 is 11.8 Å². The Hall–Kier alpha value is -3.15. The van der Waals surface area contributed by atoms with Gasteiger partial charge in [0.25, 0.3) is 5.91 Å². The van der Waals surface area contributed by atoms with Crippen molar-refractivity contribution < 1.29 is 14.4 Å². The Bertz CT molecular complexity index is 935. The standard InChI is InChI=1S/C23H27N3O3/c1-15(2)26-12-11-25(22(28)23(26)29)14-18-6-8-19(9-7-18)21(27)24-20-10-5-16(3)17(4)13-20/h5-10,13,15H,11-12,14H2,1-4H3,(H,24,27). The van der Waals surface area contributed by atoms with Crippen molar-refractivity contribution >= 4 is 23.4 Å². The van der Waals surface area contributed by atoms with Crippen LogP contribution >= 0.6 is 0 Å². The summed E-state index contributed by atoms with van der Waals surface area (Å²) in [4.78, 5) is 40.2. The van der Waals surface area contributed by atoms with Crippen LogP contribution in [0.1, 0.15) is 40.9 Å². The summed E-state index contributed by atoms with van der Waals surface area (Å²) in [5, 5.41) is 2.90. The number of hydrogen-bond acceptors (Lipinski definition) is 3. The fraction of sp³-hybridized carbons (Fsp3) is 0.348. The molecule has 2 aromatic carbocycles. The summed E-state index contributed by atoms with van der Waals surface area (Å²) in [6.45, 7) is 9.25. The SMILES string of the molecule is Cc1ccc(NC(=O)c2ccc(CN3CCN(C(C)C)C(=O)C3=O)cc2)cc1C. The van der Waals surface area contributed by atoms with Crippen LogP contribution in [0.2, 0.25) is 0 Å². The highest BCUT2D eigenvalue weighted by Gasteiger charge is 2.33. The number of hydrogen-bond donors (Lipinski definition) is 1. The number of rotatable bonds is 5. The lowest BCUT2D eigenvalue weighted by atomic mass is 10.1. The van der Waals surface area contributed by atoms with Crippen molar-refractivity contribution in [2.45, 2.75) is 40.3 Å². The third-order valence-corrected chi connectivity index (χ3v) is 5.32. The molecule has 29 heavy (non-hydrogen) atoms. The molecule has 1 aliphatic heterocycles. The van der Waals surface area contributed by atoms with Crippen molar-refractivity contribution in [1.29, 1.82) is 0 Å². The van der Waals surface area contributed by atoms with E-state index in [1.807, 2.05) is 58.0 Å².